The number of aliphatic hydroxyl groups excluding tert-OH is 1. The standard InChI is InChI=1S/C28H43N3O7S/c1-29-12-14-30(15-13-29)28(33)26-20-23(22-6-4-3-5-7-22)21-27(38-26)37-19-17-31(16-18-32)39(34,35)25-10-8-24(36-2)9-11-25/h8-11,20,22-23,27,32H,3-7,12-19,21H2,1-2H3/t23-,27+/m0/s1. The molecule has 1 amide bonds. The van der Waals surface area contributed by atoms with E-state index in [4.69, 9.17) is 14.2 Å². The average Bonchev–Trinajstić information content (AvgIpc) is 2.97. The van der Waals surface area contributed by atoms with E-state index in [0.29, 0.717) is 36.9 Å². The molecule has 0 bridgehead atoms. The van der Waals surface area contributed by atoms with Crippen LogP contribution in [0, 0.1) is 11.8 Å². The van der Waals surface area contributed by atoms with E-state index in [9.17, 15) is 18.3 Å². The molecule has 1 saturated heterocycles. The zero-order chi connectivity index (χ0) is 27.8. The second-order valence-electron chi connectivity index (χ2n) is 10.6. The fourth-order valence-electron chi connectivity index (χ4n) is 5.64. The number of likely N-dealkylation sites (N-methyl/N-ethyl adjacent to an activating group) is 1. The lowest BCUT2D eigenvalue weighted by molar-refractivity contribution is -0.158. The quantitative estimate of drug-likeness (QED) is 0.436. The zero-order valence-corrected chi connectivity index (χ0v) is 24.0. The normalized spacial score (nSPS) is 23.4. The second-order valence-corrected chi connectivity index (χ2v) is 12.6. The van der Waals surface area contributed by atoms with E-state index in [1.807, 2.05) is 11.0 Å². The van der Waals surface area contributed by atoms with Gasteiger partial charge in [0.25, 0.3) is 5.91 Å². The number of amides is 1. The first-order valence-electron chi connectivity index (χ1n) is 14.0. The minimum atomic E-state index is -3.84. The number of carbonyl (C=O) groups is 1. The zero-order valence-electron chi connectivity index (χ0n) is 23.2. The van der Waals surface area contributed by atoms with Crippen molar-refractivity contribution in [3.05, 3.63) is 36.1 Å². The fourth-order valence-corrected chi connectivity index (χ4v) is 7.06. The smallest absolute Gasteiger partial charge is 0.288 e. The second kappa shape index (κ2) is 13.9. The highest BCUT2D eigenvalue weighted by atomic mass is 32.2. The highest BCUT2D eigenvalue weighted by Gasteiger charge is 2.35. The molecule has 2 fully saturated rings. The lowest BCUT2D eigenvalue weighted by atomic mass is 9.77. The third-order valence-electron chi connectivity index (χ3n) is 8.04. The Morgan fingerprint density at radius 3 is 2.41 bits per heavy atom. The number of ether oxygens (including phenoxy) is 3. The van der Waals surface area contributed by atoms with E-state index in [1.165, 1.54) is 42.8 Å². The first-order valence-corrected chi connectivity index (χ1v) is 15.5. The third-order valence-corrected chi connectivity index (χ3v) is 9.95. The van der Waals surface area contributed by atoms with E-state index >= 15 is 0 Å². The summed E-state index contributed by atoms with van der Waals surface area (Å²) in [6, 6.07) is 6.15. The number of sulfonamides is 1. The maximum Gasteiger partial charge on any atom is 0.288 e. The van der Waals surface area contributed by atoms with Crippen molar-refractivity contribution in [3.8, 4) is 5.75 Å². The van der Waals surface area contributed by atoms with Gasteiger partial charge in [0.05, 0.1) is 25.2 Å². The van der Waals surface area contributed by atoms with Crippen molar-refractivity contribution in [2.24, 2.45) is 11.8 Å². The molecule has 1 aromatic rings. The monoisotopic (exact) mass is 565 g/mol. The summed E-state index contributed by atoms with van der Waals surface area (Å²) in [4.78, 5) is 17.5. The molecule has 0 spiro atoms. The van der Waals surface area contributed by atoms with Crippen LogP contribution in [0.2, 0.25) is 0 Å². The summed E-state index contributed by atoms with van der Waals surface area (Å²) in [5.74, 6) is 1.49. The molecule has 2 atom stereocenters. The first kappa shape index (κ1) is 29.8. The van der Waals surface area contributed by atoms with Crippen LogP contribution in [0.15, 0.2) is 41.0 Å². The fraction of sp³-hybridized carbons (Fsp3) is 0.679. The molecule has 10 nitrogen and oxygen atoms in total. The van der Waals surface area contributed by atoms with E-state index in [-0.39, 0.29) is 43.0 Å². The van der Waals surface area contributed by atoms with Gasteiger partial charge >= 0.3 is 0 Å². The summed E-state index contributed by atoms with van der Waals surface area (Å²) >= 11 is 0. The molecule has 0 unspecified atom stereocenters. The van der Waals surface area contributed by atoms with Crippen LogP contribution in [0.3, 0.4) is 0 Å². The Morgan fingerprint density at radius 1 is 1.08 bits per heavy atom. The molecule has 3 aliphatic rings. The topological polar surface area (TPSA) is 109 Å². The van der Waals surface area contributed by atoms with Crippen molar-refractivity contribution in [2.45, 2.75) is 49.7 Å². The highest BCUT2D eigenvalue weighted by Crippen LogP contribution is 2.37. The van der Waals surface area contributed by atoms with E-state index in [1.54, 1.807) is 12.1 Å². The number of nitrogens with zero attached hydrogens (tertiary/aromatic N) is 3. The van der Waals surface area contributed by atoms with Crippen LogP contribution in [0.25, 0.3) is 0 Å². The molecule has 1 aliphatic carbocycles. The van der Waals surface area contributed by atoms with Crippen LogP contribution in [0.5, 0.6) is 5.75 Å². The summed E-state index contributed by atoms with van der Waals surface area (Å²) in [5.41, 5.74) is 0. The summed E-state index contributed by atoms with van der Waals surface area (Å²) < 4.78 is 45.0. The molecule has 0 radical (unpaired) electrons. The van der Waals surface area contributed by atoms with E-state index in [0.717, 1.165) is 25.9 Å². The van der Waals surface area contributed by atoms with Gasteiger partial charge in [-0.2, -0.15) is 4.31 Å². The number of piperazine rings is 1. The number of hydrogen-bond acceptors (Lipinski definition) is 8. The first-order chi connectivity index (χ1) is 18.8. The lowest BCUT2D eigenvalue weighted by Gasteiger charge is -2.37. The Kier molecular flexibility index (Phi) is 10.6. The van der Waals surface area contributed by atoms with Crippen LogP contribution >= 0.6 is 0 Å². The predicted molar refractivity (Wildman–Crippen MR) is 147 cm³/mol. The molecule has 1 N–H and O–H groups in total. The van der Waals surface area contributed by atoms with Gasteiger partial charge in [-0.05, 0) is 62.1 Å². The van der Waals surface area contributed by atoms with Gasteiger partial charge in [0.1, 0.15) is 5.75 Å². The number of aliphatic hydroxyl groups is 1. The van der Waals surface area contributed by atoms with Gasteiger partial charge in [0.2, 0.25) is 16.3 Å². The number of methoxy groups -OCH3 is 1. The Morgan fingerprint density at radius 2 is 1.77 bits per heavy atom. The highest BCUT2D eigenvalue weighted by molar-refractivity contribution is 7.89. The molecule has 0 aromatic heterocycles. The minimum Gasteiger partial charge on any atom is -0.497 e. The molecule has 4 rings (SSSR count). The molecule has 218 valence electrons. The number of hydrogen-bond donors (Lipinski definition) is 1. The maximum absolute atomic E-state index is 13.4. The molecule has 2 aliphatic heterocycles. The van der Waals surface area contributed by atoms with Gasteiger partial charge < -0.3 is 29.1 Å². The summed E-state index contributed by atoms with van der Waals surface area (Å²) in [5, 5.41) is 9.55. The van der Waals surface area contributed by atoms with Gasteiger partial charge in [-0.1, -0.05) is 19.3 Å². The summed E-state index contributed by atoms with van der Waals surface area (Å²) in [6.07, 6.45) is 7.93. The summed E-state index contributed by atoms with van der Waals surface area (Å²) in [7, 11) is -0.272. The average molecular weight is 566 g/mol. The minimum absolute atomic E-state index is 0.0499. The van der Waals surface area contributed by atoms with Crippen LogP contribution in [0.4, 0.5) is 0 Å². The van der Waals surface area contributed by atoms with Crippen LogP contribution in [0.1, 0.15) is 38.5 Å². The molecule has 2 heterocycles. The molecule has 1 saturated carbocycles. The van der Waals surface area contributed by atoms with Crippen LogP contribution < -0.4 is 4.74 Å². The predicted octanol–water partition coefficient (Wildman–Crippen LogP) is 2.30. The van der Waals surface area contributed by atoms with Crippen molar-refractivity contribution in [3.63, 3.8) is 0 Å². The Labute approximate surface area is 232 Å². The van der Waals surface area contributed by atoms with E-state index < -0.39 is 16.3 Å². The van der Waals surface area contributed by atoms with Gasteiger partial charge in [0.15, 0.2) is 5.76 Å². The number of benzene rings is 1. The van der Waals surface area contributed by atoms with Crippen molar-refractivity contribution in [1.29, 1.82) is 0 Å². The van der Waals surface area contributed by atoms with Crippen LogP contribution in [-0.4, -0.2) is 106 Å². The molecule has 11 heteroatoms. The van der Waals surface area contributed by atoms with Crippen molar-refractivity contribution in [1.82, 2.24) is 14.1 Å². The van der Waals surface area contributed by atoms with Crippen molar-refractivity contribution in [2.75, 3.05) is 66.6 Å². The molecule has 1 aromatic carbocycles. The third kappa shape index (κ3) is 7.73. The number of rotatable bonds is 11. The van der Waals surface area contributed by atoms with Crippen LogP contribution in [-0.2, 0) is 24.3 Å². The van der Waals surface area contributed by atoms with Gasteiger partial charge in [-0.25, -0.2) is 8.42 Å². The Hall–Kier alpha value is -2.18. The number of carbonyl (C=O) groups excluding carboxylic acids is 1. The van der Waals surface area contributed by atoms with Gasteiger partial charge in [-0.15, -0.1) is 0 Å². The van der Waals surface area contributed by atoms with E-state index in [2.05, 4.69) is 11.9 Å². The molecular formula is C28H43N3O7S. The Bertz CT molecular complexity index is 1070. The Balaban J connectivity index is 1.41. The molecular weight excluding hydrogens is 522 g/mol. The van der Waals surface area contributed by atoms with Crippen molar-refractivity contribution < 1.29 is 32.5 Å². The SMILES string of the molecule is COc1ccc(S(=O)(=O)N(CCO)CCO[C@H]2C[C@@H](C3CCCCC3)C=C(C(=O)N3CCN(C)CC3)O2)cc1. The van der Waals surface area contributed by atoms with Gasteiger partial charge in [-0.3, -0.25) is 4.79 Å². The largest absolute Gasteiger partial charge is 0.497 e. The lowest BCUT2D eigenvalue weighted by Crippen LogP contribution is -2.48. The number of allylic oxidation sites excluding steroid dienone is 1. The van der Waals surface area contributed by atoms with Crippen molar-refractivity contribution >= 4 is 15.9 Å². The maximum atomic E-state index is 13.4. The molecule has 39 heavy (non-hydrogen) atoms. The van der Waals surface area contributed by atoms with Gasteiger partial charge in [0, 0.05) is 45.7 Å². The summed E-state index contributed by atoms with van der Waals surface area (Å²) in [6.45, 7) is 2.74.